The number of nitrogens with zero attached hydrogens (tertiary/aromatic N) is 1. The van der Waals surface area contributed by atoms with Gasteiger partial charge in [-0.05, 0) is 69.2 Å². The molecule has 20 heavy (non-hydrogen) atoms. The van der Waals surface area contributed by atoms with Gasteiger partial charge in [-0.15, -0.1) is 0 Å². The van der Waals surface area contributed by atoms with Crippen LogP contribution in [0.2, 0.25) is 0 Å². The largest absolute Gasteiger partial charge is 0.345 e. The summed E-state index contributed by atoms with van der Waals surface area (Å²) in [5.74, 6) is 4.92. The summed E-state index contributed by atoms with van der Waals surface area (Å²) in [6.45, 7) is 2.26. The van der Waals surface area contributed by atoms with Gasteiger partial charge in [0.15, 0.2) is 0 Å². The lowest BCUT2D eigenvalue weighted by molar-refractivity contribution is -0.00707. The van der Waals surface area contributed by atoms with Crippen LogP contribution in [-0.2, 0) is 5.41 Å². The molecule has 1 saturated heterocycles. The summed E-state index contributed by atoms with van der Waals surface area (Å²) in [6, 6.07) is 0. The number of aromatic amines is 1. The molecule has 5 aliphatic rings. The first kappa shape index (κ1) is 11.8. The van der Waals surface area contributed by atoms with Crippen molar-refractivity contribution in [3.63, 3.8) is 0 Å². The molecule has 3 heteroatoms. The van der Waals surface area contributed by atoms with Crippen LogP contribution in [0.1, 0.15) is 62.4 Å². The van der Waals surface area contributed by atoms with Gasteiger partial charge in [-0.1, -0.05) is 0 Å². The van der Waals surface area contributed by atoms with Crippen molar-refractivity contribution in [2.75, 3.05) is 13.1 Å². The van der Waals surface area contributed by atoms with Crippen LogP contribution < -0.4 is 5.32 Å². The maximum atomic E-state index is 4.76. The third kappa shape index (κ3) is 1.65. The summed E-state index contributed by atoms with van der Waals surface area (Å²) in [7, 11) is 0. The predicted octanol–water partition coefficient (Wildman–Crippen LogP) is 2.95. The fraction of sp³-hybridized carbons (Fsp3) is 0.824. The van der Waals surface area contributed by atoms with Crippen LogP contribution in [0.15, 0.2) is 6.20 Å². The van der Waals surface area contributed by atoms with Crippen LogP contribution >= 0.6 is 0 Å². The van der Waals surface area contributed by atoms with E-state index < -0.39 is 0 Å². The summed E-state index contributed by atoms with van der Waals surface area (Å²) in [5, 5.41) is 3.46. The van der Waals surface area contributed by atoms with Crippen molar-refractivity contribution in [1.29, 1.82) is 0 Å². The normalized spacial score (nSPS) is 46.2. The molecule has 0 amide bonds. The predicted molar refractivity (Wildman–Crippen MR) is 78.7 cm³/mol. The van der Waals surface area contributed by atoms with Crippen molar-refractivity contribution < 1.29 is 0 Å². The molecular formula is C17H25N3. The van der Waals surface area contributed by atoms with E-state index in [0.29, 0.717) is 11.3 Å². The summed E-state index contributed by atoms with van der Waals surface area (Å²) >= 11 is 0. The number of hydrogen-bond donors (Lipinski definition) is 2. The minimum absolute atomic E-state index is 0.478. The van der Waals surface area contributed by atoms with Crippen molar-refractivity contribution >= 4 is 0 Å². The second kappa shape index (κ2) is 4.09. The molecule has 1 aromatic rings. The molecule has 0 radical (unpaired) electrons. The van der Waals surface area contributed by atoms with Gasteiger partial charge in [0.1, 0.15) is 5.82 Å². The molecular weight excluding hydrogens is 246 g/mol. The average Bonchev–Trinajstić information content (AvgIpc) is 3.09. The third-order valence-corrected chi connectivity index (χ3v) is 6.65. The molecule has 1 aromatic heterocycles. The highest BCUT2D eigenvalue weighted by Gasteiger charge is 2.52. The Kier molecular flexibility index (Phi) is 2.41. The summed E-state index contributed by atoms with van der Waals surface area (Å²) < 4.78 is 0. The summed E-state index contributed by atoms with van der Waals surface area (Å²) in [5.41, 5.74) is 1.96. The van der Waals surface area contributed by atoms with E-state index in [-0.39, 0.29) is 0 Å². The average molecular weight is 271 g/mol. The van der Waals surface area contributed by atoms with Crippen molar-refractivity contribution in [2.45, 2.75) is 56.3 Å². The SMILES string of the molecule is c1nc(C2CCNC2)[nH]c1C12CC3CC(CC(C3)C1)C2. The lowest BCUT2D eigenvalue weighted by Gasteiger charge is -2.56. The Morgan fingerprint density at radius 1 is 1.05 bits per heavy atom. The first-order valence-electron chi connectivity index (χ1n) is 8.57. The highest BCUT2D eigenvalue weighted by Crippen LogP contribution is 2.60. The van der Waals surface area contributed by atoms with Gasteiger partial charge in [0.25, 0.3) is 0 Å². The van der Waals surface area contributed by atoms with E-state index in [1.807, 2.05) is 0 Å². The molecule has 0 aromatic carbocycles. The van der Waals surface area contributed by atoms with Crippen LogP contribution in [0, 0.1) is 17.8 Å². The molecule has 108 valence electrons. The molecule has 1 atom stereocenters. The fourth-order valence-electron chi connectivity index (χ4n) is 6.14. The molecule has 5 fully saturated rings. The van der Waals surface area contributed by atoms with Gasteiger partial charge in [0.2, 0.25) is 0 Å². The standard InChI is InChI=1S/C17H25N3/c1-2-18-9-14(1)16-19-10-15(20-16)17-6-11-3-12(7-17)5-13(4-11)8-17/h10-14,18H,1-9H2,(H,19,20). The van der Waals surface area contributed by atoms with E-state index in [4.69, 9.17) is 4.98 Å². The van der Waals surface area contributed by atoms with Gasteiger partial charge < -0.3 is 10.3 Å². The zero-order valence-corrected chi connectivity index (χ0v) is 12.2. The van der Waals surface area contributed by atoms with Gasteiger partial charge in [0, 0.05) is 29.8 Å². The number of H-pyrrole nitrogens is 1. The van der Waals surface area contributed by atoms with Crippen molar-refractivity contribution in [1.82, 2.24) is 15.3 Å². The second-order valence-electron chi connectivity index (χ2n) is 8.07. The molecule has 1 aliphatic heterocycles. The number of hydrogen-bond acceptors (Lipinski definition) is 2. The number of rotatable bonds is 2. The highest BCUT2D eigenvalue weighted by atomic mass is 15.0. The lowest BCUT2D eigenvalue weighted by Crippen LogP contribution is -2.48. The van der Waals surface area contributed by atoms with Crippen LogP contribution in [0.25, 0.3) is 0 Å². The van der Waals surface area contributed by atoms with Gasteiger partial charge in [-0.2, -0.15) is 0 Å². The Hall–Kier alpha value is -0.830. The first-order chi connectivity index (χ1) is 9.81. The van der Waals surface area contributed by atoms with E-state index in [9.17, 15) is 0 Å². The maximum absolute atomic E-state index is 4.76. The molecule has 4 saturated carbocycles. The number of aromatic nitrogens is 2. The first-order valence-corrected chi connectivity index (χ1v) is 8.57. The van der Waals surface area contributed by atoms with Crippen LogP contribution in [-0.4, -0.2) is 23.1 Å². The Balaban J connectivity index is 1.47. The van der Waals surface area contributed by atoms with Gasteiger partial charge >= 0.3 is 0 Å². The molecule has 1 unspecified atom stereocenters. The van der Waals surface area contributed by atoms with Crippen LogP contribution in [0.3, 0.4) is 0 Å². The Labute approximate surface area is 120 Å². The molecule has 4 bridgehead atoms. The van der Waals surface area contributed by atoms with E-state index in [1.54, 1.807) is 0 Å². The van der Waals surface area contributed by atoms with Crippen molar-refractivity contribution in [2.24, 2.45) is 17.8 Å². The Morgan fingerprint density at radius 2 is 1.75 bits per heavy atom. The topological polar surface area (TPSA) is 40.7 Å². The molecule has 2 N–H and O–H groups in total. The molecule has 0 spiro atoms. The minimum atomic E-state index is 0.478. The lowest BCUT2D eigenvalue weighted by atomic mass is 9.49. The van der Waals surface area contributed by atoms with Crippen LogP contribution in [0.4, 0.5) is 0 Å². The minimum Gasteiger partial charge on any atom is -0.345 e. The Bertz CT molecular complexity index is 477. The summed E-state index contributed by atoms with van der Waals surface area (Å²) in [6.07, 6.45) is 12.3. The van der Waals surface area contributed by atoms with Crippen LogP contribution in [0.5, 0.6) is 0 Å². The van der Waals surface area contributed by atoms with E-state index in [0.717, 1.165) is 30.8 Å². The molecule has 4 aliphatic carbocycles. The van der Waals surface area contributed by atoms with E-state index in [2.05, 4.69) is 16.5 Å². The van der Waals surface area contributed by atoms with E-state index in [1.165, 1.54) is 56.5 Å². The van der Waals surface area contributed by atoms with E-state index >= 15 is 0 Å². The zero-order chi connectivity index (χ0) is 13.2. The van der Waals surface area contributed by atoms with Gasteiger partial charge in [0.05, 0.1) is 0 Å². The Morgan fingerprint density at radius 3 is 2.35 bits per heavy atom. The molecule has 6 rings (SSSR count). The van der Waals surface area contributed by atoms with Crippen molar-refractivity contribution in [3.8, 4) is 0 Å². The quantitative estimate of drug-likeness (QED) is 0.868. The van der Waals surface area contributed by atoms with Gasteiger partial charge in [-0.3, -0.25) is 0 Å². The number of nitrogens with one attached hydrogen (secondary N) is 2. The monoisotopic (exact) mass is 271 g/mol. The smallest absolute Gasteiger partial charge is 0.110 e. The molecule has 3 nitrogen and oxygen atoms in total. The zero-order valence-electron chi connectivity index (χ0n) is 12.2. The van der Waals surface area contributed by atoms with Gasteiger partial charge in [-0.25, -0.2) is 4.98 Å². The third-order valence-electron chi connectivity index (χ3n) is 6.65. The fourth-order valence-corrected chi connectivity index (χ4v) is 6.14. The second-order valence-corrected chi connectivity index (χ2v) is 8.07. The maximum Gasteiger partial charge on any atom is 0.110 e. The molecule has 2 heterocycles. The summed E-state index contributed by atoms with van der Waals surface area (Å²) in [4.78, 5) is 8.52. The van der Waals surface area contributed by atoms with Crippen molar-refractivity contribution in [3.05, 3.63) is 17.7 Å². The highest BCUT2D eigenvalue weighted by molar-refractivity contribution is 5.23. The number of imidazole rings is 1.